The number of hydrogen-bond acceptors (Lipinski definition) is 2. The van der Waals surface area contributed by atoms with Gasteiger partial charge in [0.25, 0.3) is 0 Å². The number of aryl methyl sites for hydroxylation is 1. The van der Waals surface area contributed by atoms with Gasteiger partial charge in [0, 0.05) is 19.3 Å². The first kappa shape index (κ1) is 20.1. The van der Waals surface area contributed by atoms with E-state index in [-0.39, 0.29) is 24.0 Å². The molecule has 0 fully saturated rings. The van der Waals surface area contributed by atoms with E-state index in [0.717, 1.165) is 24.0 Å². The molecular formula is C16H29IN4. The summed E-state index contributed by atoms with van der Waals surface area (Å²) >= 11 is 0. The summed E-state index contributed by atoms with van der Waals surface area (Å²) in [6, 6.07) is 4.46. The Kier molecular flexibility index (Phi) is 10.4. The third-order valence-corrected chi connectivity index (χ3v) is 3.32. The smallest absolute Gasteiger partial charge is 0.191 e. The quantitative estimate of drug-likeness (QED) is 0.434. The molecule has 0 amide bonds. The van der Waals surface area contributed by atoms with E-state index in [1.165, 1.54) is 12.0 Å². The molecule has 120 valence electrons. The summed E-state index contributed by atoms with van der Waals surface area (Å²) in [5, 5.41) is 6.74. The lowest BCUT2D eigenvalue weighted by molar-refractivity contribution is 0.489. The topological polar surface area (TPSA) is 49.3 Å². The highest BCUT2D eigenvalue weighted by Crippen LogP contribution is 2.06. The lowest BCUT2D eigenvalue weighted by Crippen LogP contribution is -2.42. The highest BCUT2D eigenvalue weighted by molar-refractivity contribution is 14.0. The summed E-state index contributed by atoms with van der Waals surface area (Å²) < 4.78 is 0. The standard InChI is InChI=1S/C16H28N4.HI/c1-12(2)8-9-14(4)20-16(17-5)19-11-15-13(3)7-6-10-18-15;/h6-7,10,12,14H,8-9,11H2,1-5H3,(H2,17,19,20);1H. The summed E-state index contributed by atoms with van der Waals surface area (Å²) in [5.41, 5.74) is 2.26. The van der Waals surface area contributed by atoms with Gasteiger partial charge in [0.2, 0.25) is 0 Å². The van der Waals surface area contributed by atoms with Crippen molar-refractivity contribution in [3.8, 4) is 0 Å². The van der Waals surface area contributed by atoms with Crippen molar-refractivity contribution in [3.05, 3.63) is 29.6 Å². The SMILES string of the molecule is CN=C(NCc1ncccc1C)NC(C)CCC(C)C.I. The van der Waals surface area contributed by atoms with E-state index in [9.17, 15) is 0 Å². The minimum Gasteiger partial charge on any atom is -0.354 e. The Labute approximate surface area is 146 Å². The summed E-state index contributed by atoms with van der Waals surface area (Å²) in [7, 11) is 1.80. The van der Waals surface area contributed by atoms with Gasteiger partial charge in [-0.05, 0) is 44.2 Å². The number of nitrogens with zero attached hydrogens (tertiary/aromatic N) is 2. The number of guanidine groups is 1. The second-order valence-electron chi connectivity index (χ2n) is 5.71. The molecule has 4 nitrogen and oxygen atoms in total. The van der Waals surface area contributed by atoms with E-state index < -0.39 is 0 Å². The van der Waals surface area contributed by atoms with Gasteiger partial charge in [-0.3, -0.25) is 9.98 Å². The van der Waals surface area contributed by atoms with Crippen LogP contribution in [-0.4, -0.2) is 24.0 Å². The molecule has 1 unspecified atom stereocenters. The predicted molar refractivity (Wildman–Crippen MR) is 101 cm³/mol. The van der Waals surface area contributed by atoms with Crippen molar-refractivity contribution in [1.29, 1.82) is 0 Å². The molecule has 1 aromatic heterocycles. The Hall–Kier alpha value is -0.850. The van der Waals surface area contributed by atoms with Crippen LogP contribution in [0.3, 0.4) is 0 Å². The highest BCUT2D eigenvalue weighted by Gasteiger charge is 2.07. The van der Waals surface area contributed by atoms with Crippen molar-refractivity contribution in [1.82, 2.24) is 15.6 Å². The van der Waals surface area contributed by atoms with Crippen LogP contribution in [0.4, 0.5) is 0 Å². The number of halogens is 1. The molecular weight excluding hydrogens is 375 g/mol. The average molecular weight is 404 g/mol. The number of pyridine rings is 1. The van der Waals surface area contributed by atoms with Crippen LogP contribution >= 0.6 is 24.0 Å². The molecule has 21 heavy (non-hydrogen) atoms. The molecule has 0 bridgehead atoms. The molecule has 1 aromatic rings. The third kappa shape index (κ3) is 8.24. The maximum Gasteiger partial charge on any atom is 0.191 e. The van der Waals surface area contributed by atoms with Gasteiger partial charge in [0.05, 0.1) is 12.2 Å². The second kappa shape index (κ2) is 10.8. The Bertz CT molecular complexity index is 432. The van der Waals surface area contributed by atoms with Crippen molar-refractivity contribution in [3.63, 3.8) is 0 Å². The fourth-order valence-corrected chi connectivity index (χ4v) is 1.95. The van der Waals surface area contributed by atoms with Crippen LogP contribution in [-0.2, 0) is 6.54 Å². The highest BCUT2D eigenvalue weighted by atomic mass is 127. The third-order valence-electron chi connectivity index (χ3n) is 3.32. The van der Waals surface area contributed by atoms with E-state index in [2.05, 4.69) is 54.4 Å². The van der Waals surface area contributed by atoms with Crippen molar-refractivity contribution in [2.75, 3.05) is 7.05 Å². The number of aliphatic imine (C=N–C) groups is 1. The van der Waals surface area contributed by atoms with Gasteiger partial charge in [-0.25, -0.2) is 0 Å². The molecule has 5 heteroatoms. The minimum atomic E-state index is 0. The first-order valence-electron chi connectivity index (χ1n) is 7.40. The molecule has 0 aliphatic heterocycles. The van der Waals surface area contributed by atoms with E-state index in [0.29, 0.717) is 12.6 Å². The molecule has 0 spiro atoms. The molecule has 0 aliphatic carbocycles. The molecule has 1 heterocycles. The van der Waals surface area contributed by atoms with Crippen molar-refractivity contribution in [2.45, 2.75) is 53.1 Å². The fourth-order valence-electron chi connectivity index (χ4n) is 1.95. The summed E-state index contributed by atoms with van der Waals surface area (Å²) in [6.07, 6.45) is 4.21. The zero-order chi connectivity index (χ0) is 15.0. The molecule has 0 saturated carbocycles. The van der Waals surface area contributed by atoms with Crippen LogP contribution in [0, 0.1) is 12.8 Å². The summed E-state index contributed by atoms with van der Waals surface area (Å²) in [5.74, 6) is 1.58. The number of hydrogen-bond donors (Lipinski definition) is 2. The van der Waals surface area contributed by atoms with Gasteiger partial charge in [0.15, 0.2) is 5.96 Å². The average Bonchev–Trinajstić information content (AvgIpc) is 2.42. The van der Waals surface area contributed by atoms with E-state index in [1.807, 2.05) is 12.3 Å². The molecule has 0 aliphatic rings. The summed E-state index contributed by atoms with van der Waals surface area (Å²) in [6.45, 7) is 9.48. The zero-order valence-electron chi connectivity index (χ0n) is 13.8. The Balaban J connectivity index is 0.00000400. The van der Waals surface area contributed by atoms with E-state index in [1.54, 1.807) is 7.05 Å². The minimum absolute atomic E-state index is 0. The molecule has 2 N–H and O–H groups in total. The van der Waals surface area contributed by atoms with Gasteiger partial charge in [-0.1, -0.05) is 19.9 Å². The first-order valence-corrected chi connectivity index (χ1v) is 7.40. The Morgan fingerprint density at radius 3 is 2.57 bits per heavy atom. The van der Waals surface area contributed by atoms with E-state index in [4.69, 9.17) is 0 Å². The molecule has 0 aromatic carbocycles. The van der Waals surface area contributed by atoms with Crippen LogP contribution in [0.2, 0.25) is 0 Å². The zero-order valence-corrected chi connectivity index (χ0v) is 16.1. The van der Waals surface area contributed by atoms with Crippen LogP contribution in [0.15, 0.2) is 23.3 Å². The Morgan fingerprint density at radius 1 is 1.29 bits per heavy atom. The van der Waals surface area contributed by atoms with Crippen LogP contribution in [0.25, 0.3) is 0 Å². The molecule has 0 saturated heterocycles. The maximum absolute atomic E-state index is 4.38. The lowest BCUT2D eigenvalue weighted by Gasteiger charge is -2.18. The monoisotopic (exact) mass is 404 g/mol. The normalized spacial score (nSPS) is 12.8. The molecule has 1 atom stereocenters. The molecule has 0 radical (unpaired) electrons. The number of aromatic nitrogens is 1. The lowest BCUT2D eigenvalue weighted by atomic mass is 10.0. The molecule has 1 rings (SSSR count). The fraction of sp³-hybridized carbons (Fsp3) is 0.625. The second-order valence-corrected chi connectivity index (χ2v) is 5.71. The van der Waals surface area contributed by atoms with Crippen LogP contribution in [0.5, 0.6) is 0 Å². The number of nitrogens with one attached hydrogen (secondary N) is 2. The van der Waals surface area contributed by atoms with Gasteiger partial charge < -0.3 is 10.6 Å². The van der Waals surface area contributed by atoms with E-state index >= 15 is 0 Å². The van der Waals surface area contributed by atoms with Crippen LogP contribution < -0.4 is 10.6 Å². The van der Waals surface area contributed by atoms with Gasteiger partial charge in [0.1, 0.15) is 0 Å². The van der Waals surface area contributed by atoms with Crippen molar-refractivity contribution < 1.29 is 0 Å². The number of rotatable bonds is 6. The van der Waals surface area contributed by atoms with Gasteiger partial charge in [-0.15, -0.1) is 24.0 Å². The van der Waals surface area contributed by atoms with Crippen molar-refractivity contribution in [2.24, 2.45) is 10.9 Å². The first-order chi connectivity index (χ1) is 9.52. The Morgan fingerprint density at radius 2 is 2.00 bits per heavy atom. The van der Waals surface area contributed by atoms with Crippen molar-refractivity contribution >= 4 is 29.9 Å². The van der Waals surface area contributed by atoms with Gasteiger partial charge >= 0.3 is 0 Å². The maximum atomic E-state index is 4.38. The summed E-state index contributed by atoms with van der Waals surface area (Å²) in [4.78, 5) is 8.64. The largest absolute Gasteiger partial charge is 0.354 e. The van der Waals surface area contributed by atoms with Gasteiger partial charge in [-0.2, -0.15) is 0 Å². The predicted octanol–water partition coefficient (Wildman–Crippen LogP) is 3.50. The van der Waals surface area contributed by atoms with Crippen LogP contribution in [0.1, 0.15) is 44.9 Å².